The summed E-state index contributed by atoms with van der Waals surface area (Å²) in [6.07, 6.45) is 4.93. The molecule has 5 aliphatic rings. The summed E-state index contributed by atoms with van der Waals surface area (Å²) in [5.74, 6) is 1.96. The van der Waals surface area contributed by atoms with Gasteiger partial charge in [-0.25, -0.2) is 4.79 Å². The summed E-state index contributed by atoms with van der Waals surface area (Å²) in [5.41, 5.74) is 0.264. The molecule has 1 unspecified atom stereocenters. The first-order chi connectivity index (χ1) is 11.6. The Morgan fingerprint density at radius 2 is 1.62 bits per heavy atom. The van der Waals surface area contributed by atoms with Crippen molar-refractivity contribution in [2.75, 3.05) is 39.3 Å². The maximum absolute atomic E-state index is 12.5. The number of nitrogens with zero attached hydrogens (tertiary/aromatic N) is 3. The number of likely N-dealkylation sites (tertiary alicyclic amines) is 3. The van der Waals surface area contributed by atoms with Gasteiger partial charge in [0.05, 0.1) is 0 Å². The Hall–Kier alpha value is -1.30. The molecule has 2 saturated carbocycles. The molecule has 6 nitrogen and oxygen atoms in total. The lowest BCUT2D eigenvalue weighted by molar-refractivity contribution is -0.132. The lowest BCUT2D eigenvalue weighted by Crippen LogP contribution is -2.52. The van der Waals surface area contributed by atoms with Gasteiger partial charge in [-0.3, -0.25) is 9.69 Å². The second-order valence-electron chi connectivity index (χ2n) is 8.86. The lowest BCUT2D eigenvalue weighted by Gasteiger charge is -2.49. The Kier molecular flexibility index (Phi) is 3.19. The minimum Gasteiger partial charge on any atom is -0.465 e. The van der Waals surface area contributed by atoms with E-state index in [9.17, 15) is 9.59 Å². The smallest absolute Gasteiger partial charge is 0.407 e. The fraction of sp³-hybridized carbons (Fsp3) is 0.889. The fourth-order valence-electron chi connectivity index (χ4n) is 6.00. The van der Waals surface area contributed by atoms with Gasteiger partial charge in [-0.1, -0.05) is 0 Å². The van der Waals surface area contributed by atoms with Crippen molar-refractivity contribution >= 4 is 12.0 Å². The van der Waals surface area contributed by atoms with Crippen LogP contribution in [0.4, 0.5) is 4.79 Å². The van der Waals surface area contributed by atoms with Crippen molar-refractivity contribution in [3.8, 4) is 0 Å². The molecule has 3 atom stereocenters. The van der Waals surface area contributed by atoms with E-state index in [1.165, 1.54) is 12.8 Å². The van der Waals surface area contributed by atoms with Gasteiger partial charge >= 0.3 is 6.09 Å². The second-order valence-corrected chi connectivity index (χ2v) is 8.86. The van der Waals surface area contributed by atoms with E-state index in [0.29, 0.717) is 36.2 Å². The molecule has 0 aromatic heterocycles. The van der Waals surface area contributed by atoms with Crippen molar-refractivity contribution in [1.29, 1.82) is 0 Å². The maximum Gasteiger partial charge on any atom is 0.407 e. The predicted octanol–water partition coefficient (Wildman–Crippen LogP) is 1.32. The van der Waals surface area contributed by atoms with Crippen molar-refractivity contribution in [2.24, 2.45) is 23.2 Å². The first-order valence-corrected chi connectivity index (χ1v) is 9.57. The Morgan fingerprint density at radius 1 is 0.958 bits per heavy atom. The average molecular weight is 333 g/mol. The van der Waals surface area contributed by atoms with Gasteiger partial charge in [0, 0.05) is 51.2 Å². The highest BCUT2D eigenvalue weighted by Gasteiger charge is 2.62. The lowest BCUT2D eigenvalue weighted by atomic mass is 9.64. The molecule has 2 aliphatic carbocycles. The first-order valence-electron chi connectivity index (χ1n) is 9.57. The number of hydrogen-bond acceptors (Lipinski definition) is 3. The van der Waals surface area contributed by atoms with Gasteiger partial charge in [-0.05, 0) is 49.4 Å². The Morgan fingerprint density at radius 3 is 2.21 bits per heavy atom. The molecule has 1 spiro atoms. The largest absolute Gasteiger partial charge is 0.465 e. The summed E-state index contributed by atoms with van der Waals surface area (Å²) in [5, 5.41) is 9.13. The van der Waals surface area contributed by atoms with Crippen molar-refractivity contribution in [2.45, 2.75) is 38.1 Å². The van der Waals surface area contributed by atoms with Gasteiger partial charge < -0.3 is 14.9 Å². The number of piperidine rings is 1. The van der Waals surface area contributed by atoms with Gasteiger partial charge in [-0.15, -0.1) is 0 Å². The molecule has 24 heavy (non-hydrogen) atoms. The molecule has 0 aromatic rings. The zero-order valence-corrected chi connectivity index (χ0v) is 14.2. The van der Waals surface area contributed by atoms with E-state index >= 15 is 0 Å². The molecule has 6 heteroatoms. The van der Waals surface area contributed by atoms with Gasteiger partial charge in [0.2, 0.25) is 5.91 Å². The summed E-state index contributed by atoms with van der Waals surface area (Å²) in [7, 11) is 0. The summed E-state index contributed by atoms with van der Waals surface area (Å²) < 4.78 is 0. The van der Waals surface area contributed by atoms with Crippen molar-refractivity contribution in [3.63, 3.8) is 0 Å². The molecule has 5 fully saturated rings. The average Bonchev–Trinajstić information content (AvgIpc) is 3.06. The van der Waals surface area contributed by atoms with Gasteiger partial charge in [-0.2, -0.15) is 0 Å². The zero-order valence-electron chi connectivity index (χ0n) is 14.2. The van der Waals surface area contributed by atoms with Crippen LogP contribution < -0.4 is 0 Å². The Labute approximate surface area is 142 Å². The van der Waals surface area contributed by atoms with Crippen LogP contribution in [0, 0.1) is 23.2 Å². The van der Waals surface area contributed by atoms with Gasteiger partial charge in [0.25, 0.3) is 0 Å². The number of rotatable bonds is 2. The van der Waals surface area contributed by atoms with Crippen LogP contribution in [0.3, 0.4) is 0 Å². The number of amides is 2. The highest BCUT2D eigenvalue weighted by Crippen LogP contribution is 2.57. The Bertz CT molecular complexity index is 556. The second kappa shape index (κ2) is 5.10. The van der Waals surface area contributed by atoms with Gasteiger partial charge in [0.15, 0.2) is 0 Å². The normalized spacial score (nSPS) is 44.0. The van der Waals surface area contributed by atoms with E-state index in [1.54, 1.807) is 4.90 Å². The summed E-state index contributed by atoms with van der Waals surface area (Å²) in [6, 6.07) is 0.633. The van der Waals surface area contributed by atoms with Crippen LogP contribution in [-0.2, 0) is 4.79 Å². The number of hydrogen-bond donors (Lipinski definition) is 1. The Balaban J connectivity index is 1.11. The van der Waals surface area contributed by atoms with E-state index in [1.807, 2.05) is 0 Å². The molecular formula is C18H27N3O3. The minimum atomic E-state index is -0.763. The molecule has 3 saturated heterocycles. The molecule has 0 bridgehead atoms. The molecule has 1 N–H and O–H groups in total. The third kappa shape index (κ3) is 2.18. The van der Waals surface area contributed by atoms with Crippen LogP contribution >= 0.6 is 0 Å². The molecule has 132 valence electrons. The van der Waals surface area contributed by atoms with E-state index in [4.69, 9.17) is 5.11 Å². The first kappa shape index (κ1) is 15.0. The van der Waals surface area contributed by atoms with Crippen molar-refractivity contribution < 1.29 is 14.7 Å². The molecule has 5 rings (SSSR count). The molecule has 3 heterocycles. The molecule has 3 aliphatic heterocycles. The highest BCUT2D eigenvalue weighted by molar-refractivity contribution is 5.83. The highest BCUT2D eigenvalue weighted by atomic mass is 16.4. The van der Waals surface area contributed by atoms with Crippen LogP contribution in [0.2, 0.25) is 0 Å². The van der Waals surface area contributed by atoms with Crippen LogP contribution in [0.5, 0.6) is 0 Å². The zero-order chi connectivity index (χ0) is 16.5. The molecule has 0 aromatic carbocycles. The molecule has 0 radical (unpaired) electrons. The van der Waals surface area contributed by atoms with Crippen LogP contribution in [-0.4, -0.2) is 77.1 Å². The summed E-state index contributed by atoms with van der Waals surface area (Å²) in [6.45, 7) is 5.58. The third-order valence-corrected chi connectivity index (χ3v) is 7.49. The van der Waals surface area contributed by atoms with Gasteiger partial charge in [0.1, 0.15) is 0 Å². The molecular weight excluding hydrogens is 306 g/mol. The third-order valence-electron chi connectivity index (χ3n) is 7.49. The summed E-state index contributed by atoms with van der Waals surface area (Å²) in [4.78, 5) is 29.9. The quantitative estimate of drug-likeness (QED) is 0.828. The van der Waals surface area contributed by atoms with Crippen molar-refractivity contribution in [3.05, 3.63) is 0 Å². The maximum atomic E-state index is 12.5. The predicted molar refractivity (Wildman–Crippen MR) is 87.5 cm³/mol. The minimum absolute atomic E-state index is 0.264. The number of fused-ring (bicyclic) bond motifs is 1. The SMILES string of the molecule is O=C(O)N1CCC2(CC(N3C[C@@H]4C(C(=O)N5CCCC5)[C@@H]4C3)C2)C1. The number of carbonyl (C=O) groups excluding carboxylic acids is 1. The van der Waals surface area contributed by atoms with Crippen LogP contribution in [0.1, 0.15) is 32.1 Å². The van der Waals surface area contributed by atoms with Crippen LogP contribution in [0.15, 0.2) is 0 Å². The van der Waals surface area contributed by atoms with E-state index in [2.05, 4.69) is 9.80 Å². The number of carbonyl (C=O) groups is 2. The summed E-state index contributed by atoms with van der Waals surface area (Å²) >= 11 is 0. The van der Waals surface area contributed by atoms with Crippen molar-refractivity contribution in [1.82, 2.24) is 14.7 Å². The standard InChI is InChI=1S/C18H27N3O3/c22-16(19-4-1-2-5-19)15-13-9-21(10-14(13)15)12-7-18(8-12)3-6-20(11-18)17(23)24/h12-15H,1-11H2,(H,23,24)/t12?,13-,14+,15?,18?. The van der Waals surface area contributed by atoms with E-state index in [0.717, 1.165) is 52.0 Å². The van der Waals surface area contributed by atoms with Crippen LogP contribution in [0.25, 0.3) is 0 Å². The van der Waals surface area contributed by atoms with E-state index in [-0.39, 0.29) is 5.41 Å². The fourth-order valence-corrected chi connectivity index (χ4v) is 6.00. The van der Waals surface area contributed by atoms with E-state index < -0.39 is 6.09 Å². The monoisotopic (exact) mass is 333 g/mol. The molecule has 2 amide bonds. The number of carboxylic acid groups (broad SMARTS) is 1. The topological polar surface area (TPSA) is 64.1 Å².